The summed E-state index contributed by atoms with van der Waals surface area (Å²) in [5.41, 5.74) is 1.38. The van der Waals surface area contributed by atoms with Crippen LogP contribution in [0.3, 0.4) is 0 Å². The molecule has 0 spiro atoms. The summed E-state index contributed by atoms with van der Waals surface area (Å²) < 4.78 is 39.4. The minimum Gasteiger partial charge on any atom is -0.366 e. The Labute approximate surface area is 120 Å². The van der Waals surface area contributed by atoms with Crippen LogP contribution in [0.25, 0.3) is 0 Å². The summed E-state index contributed by atoms with van der Waals surface area (Å²) in [5.74, 6) is 0. The molecule has 1 heterocycles. The highest BCUT2D eigenvalue weighted by atomic mass is 16.5. The standard InChI is InChI=1S/C15H21N3O/c1-17(2)11-12-19-15(13-7-5-4-6-8-13)14-9-10-16-18(14)3/h4-10,15H,11-12H2,1-3H3/i11D2,12D2. The van der Waals surface area contributed by atoms with Gasteiger partial charge in [-0.1, -0.05) is 30.3 Å². The van der Waals surface area contributed by atoms with Crippen LogP contribution < -0.4 is 0 Å². The van der Waals surface area contributed by atoms with Crippen molar-refractivity contribution in [1.29, 1.82) is 0 Å². The molecule has 0 aliphatic carbocycles. The summed E-state index contributed by atoms with van der Waals surface area (Å²) in [6, 6.07) is 10.9. The highest BCUT2D eigenvalue weighted by Crippen LogP contribution is 2.25. The number of hydrogen-bond donors (Lipinski definition) is 0. The molecule has 0 fully saturated rings. The number of ether oxygens (including phenoxy) is 1. The first-order valence-corrected chi connectivity index (χ1v) is 6.05. The van der Waals surface area contributed by atoms with Gasteiger partial charge in [0, 0.05) is 22.5 Å². The number of rotatable bonds is 6. The maximum atomic E-state index is 8.11. The van der Waals surface area contributed by atoms with E-state index >= 15 is 0 Å². The van der Waals surface area contributed by atoms with E-state index in [0.29, 0.717) is 5.69 Å². The highest BCUT2D eigenvalue weighted by molar-refractivity contribution is 5.25. The molecule has 19 heavy (non-hydrogen) atoms. The van der Waals surface area contributed by atoms with Crippen molar-refractivity contribution in [2.45, 2.75) is 6.10 Å². The van der Waals surface area contributed by atoms with Crippen LogP contribution in [0.15, 0.2) is 42.6 Å². The lowest BCUT2D eigenvalue weighted by molar-refractivity contribution is 0.0638. The molecular formula is C15H21N3O. The summed E-state index contributed by atoms with van der Waals surface area (Å²) >= 11 is 0. The van der Waals surface area contributed by atoms with Gasteiger partial charge >= 0.3 is 0 Å². The van der Waals surface area contributed by atoms with Gasteiger partial charge in [-0.2, -0.15) is 5.10 Å². The smallest absolute Gasteiger partial charge is 0.124 e. The second-order valence-electron chi connectivity index (χ2n) is 4.40. The fraction of sp³-hybridized carbons (Fsp3) is 0.400. The van der Waals surface area contributed by atoms with Gasteiger partial charge in [-0.15, -0.1) is 0 Å². The van der Waals surface area contributed by atoms with E-state index in [0.717, 1.165) is 10.5 Å². The first-order valence-electron chi connectivity index (χ1n) is 8.05. The average Bonchev–Trinajstić information content (AvgIpc) is 2.91. The third-order valence-electron chi connectivity index (χ3n) is 2.68. The van der Waals surface area contributed by atoms with Crippen LogP contribution in [0, 0.1) is 0 Å². The Morgan fingerprint density at radius 3 is 2.63 bits per heavy atom. The van der Waals surface area contributed by atoms with Crippen LogP contribution in [-0.2, 0) is 11.8 Å². The van der Waals surface area contributed by atoms with E-state index in [1.807, 2.05) is 30.3 Å². The van der Waals surface area contributed by atoms with Crippen molar-refractivity contribution < 1.29 is 10.2 Å². The normalized spacial score (nSPS) is 17.5. The van der Waals surface area contributed by atoms with Crippen molar-refractivity contribution in [3.05, 3.63) is 53.9 Å². The number of aromatic nitrogens is 2. The molecule has 0 N–H and O–H groups in total. The second-order valence-corrected chi connectivity index (χ2v) is 4.40. The van der Waals surface area contributed by atoms with Crippen LogP contribution in [0.4, 0.5) is 0 Å². The number of likely N-dealkylation sites (N-methyl/N-ethyl adjacent to an activating group) is 1. The Morgan fingerprint density at radius 2 is 2.05 bits per heavy atom. The van der Waals surface area contributed by atoms with Crippen molar-refractivity contribution >= 4 is 0 Å². The van der Waals surface area contributed by atoms with Crippen LogP contribution in [-0.4, -0.2) is 41.8 Å². The predicted octanol–water partition coefficient (Wildman–Crippen LogP) is 2.09. The van der Waals surface area contributed by atoms with Gasteiger partial charge in [0.25, 0.3) is 0 Å². The molecule has 1 unspecified atom stereocenters. The minimum atomic E-state index is -2.53. The van der Waals surface area contributed by atoms with E-state index < -0.39 is 19.2 Å². The zero-order valence-electron chi connectivity index (χ0n) is 15.4. The maximum Gasteiger partial charge on any atom is 0.124 e. The number of hydrogen-bond acceptors (Lipinski definition) is 3. The van der Waals surface area contributed by atoms with Crippen LogP contribution in [0.2, 0.25) is 0 Å². The average molecular weight is 263 g/mol. The Kier molecular flexibility index (Phi) is 3.18. The third-order valence-corrected chi connectivity index (χ3v) is 2.68. The topological polar surface area (TPSA) is 30.3 Å². The molecule has 0 aliphatic heterocycles. The second kappa shape index (κ2) is 6.50. The summed E-state index contributed by atoms with van der Waals surface area (Å²) in [5, 5.41) is 4.10. The van der Waals surface area contributed by atoms with Crippen LogP contribution >= 0.6 is 0 Å². The van der Waals surface area contributed by atoms with Gasteiger partial charge in [-0.05, 0) is 25.7 Å². The maximum absolute atomic E-state index is 8.11. The van der Waals surface area contributed by atoms with E-state index in [4.69, 9.17) is 10.2 Å². The molecule has 0 amide bonds. The summed E-state index contributed by atoms with van der Waals surface area (Å²) in [7, 11) is 4.69. The zero-order valence-corrected chi connectivity index (χ0v) is 11.4. The van der Waals surface area contributed by atoms with Gasteiger partial charge in [-0.25, -0.2) is 0 Å². The molecule has 4 heteroatoms. The molecule has 0 aliphatic rings. The summed E-state index contributed by atoms with van der Waals surface area (Å²) in [4.78, 5) is 1.16. The van der Waals surface area contributed by atoms with Crippen molar-refractivity contribution in [3.63, 3.8) is 0 Å². The third kappa shape index (κ3) is 3.66. The molecule has 0 saturated carbocycles. The fourth-order valence-corrected chi connectivity index (χ4v) is 1.74. The predicted molar refractivity (Wildman–Crippen MR) is 76.0 cm³/mol. The molecule has 102 valence electrons. The zero-order chi connectivity index (χ0) is 17.3. The van der Waals surface area contributed by atoms with Gasteiger partial charge in [0.2, 0.25) is 0 Å². The number of aryl methyl sites for hydroxylation is 1. The van der Waals surface area contributed by atoms with Gasteiger partial charge in [0.05, 0.1) is 15.0 Å². The molecule has 0 bridgehead atoms. The lowest BCUT2D eigenvalue weighted by atomic mass is 10.1. The van der Waals surface area contributed by atoms with Gasteiger partial charge < -0.3 is 9.64 Å². The monoisotopic (exact) mass is 263 g/mol. The molecule has 0 radical (unpaired) electrons. The van der Waals surface area contributed by atoms with E-state index in [2.05, 4.69) is 5.10 Å². The lowest BCUT2D eigenvalue weighted by Crippen LogP contribution is -2.20. The summed E-state index contributed by atoms with van der Waals surface area (Å²) in [6.07, 6.45) is 0.832. The van der Waals surface area contributed by atoms with E-state index in [-0.39, 0.29) is 0 Å². The Hall–Kier alpha value is -1.65. The van der Waals surface area contributed by atoms with Gasteiger partial charge in [0.1, 0.15) is 6.10 Å². The Bertz CT molecular complexity index is 643. The Morgan fingerprint density at radius 1 is 1.32 bits per heavy atom. The van der Waals surface area contributed by atoms with Crippen molar-refractivity contribution in [2.24, 2.45) is 7.05 Å². The van der Waals surface area contributed by atoms with E-state index in [1.165, 1.54) is 14.1 Å². The minimum absolute atomic E-state index is 0.648. The molecule has 1 aromatic heterocycles. The van der Waals surface area contributed by atoms with E-state index in [1.54, 1.807) is 24.0 Å². The molecule has 2 aromatic rings. The number of nitrogens with zero attached hydrogens (tertiary/aromatic N) is 3. The number of benzene rings is 1. The highest BCUT2D eigenvalue weighted by Gasteiger charge is 2.17. The first-order chi connectivity index (χ1) is 10.7. The summed E-state index contributed by atoms with van der Waals surface area (Å²) in [6.45, 7) is -4.82. The largest absolute Gasteiger partial charge is 0.366 e. The molecule has 1 atom stereocenters. The quantitative estimate of drug-likeness (QED) is 0.799. The van der Waals surface area contributed by atoms with Gasteiger partial charge in [0.15, 0.2) is 0 Å². The molecular weight excluding hydrogens is 238 g/mol. The molecule has 0 saturated heterocycles. The SMILES string of the molecule is [2H]C([2H])(OC(c1ccccc1)c1ccnn1C)C([2H])([2H])N(C)C. The fourth-order valence-electron chi connectivity index (χ4n) is 1.74. The van der Waals surface area contributed by atoms with Crippen molar-refractivity contribution in [1.82, 2.24) is 14.7 Å². The van der Waals surface area contributed by atoms with Crippen molar-refractivity contribution in [2.75, 3.05) is 27.2 Å². The Balaban J connectivity index is 2.42. The van der Waals surface area contributed by atoms with Gasteiger partial charge in [-0.3, -0.25) is 4.68 Å². The first kappa shape index (κ1) is 9.28. The molecule has 1 aromatic carbocycles. The van der Waals surface area contributed by atoms with E-state index in [9.17, 15) is 0 Å². The molecule has 4 nitrogen and oxygen atoms in total. The van der Waals surface area contributed by atoms with Crippen LogP contribution in [0.1, 0.15) is 22.8 Å². The lowest BCUT2D eigenvalue weighted by Gasteiger charge is -2.20. The van der Waals surface area contributed by atoms with Crippen molar-refractivity contribution in [3.8, 4) is 0 Å². The van der Waals surface area contributed by atoms with Crippen LogP contribution in [0.5, 0.6) is 0 Å². The molecule has 2 rings (SSSR count).